The second-order valence-corrected chi connectivity index (χ2v) is 8.54. The molecule has 134 valence electrons. The zero-order chi connectivity index (χ0) is 17.4. The van der Waals surface area contributed by atoms with E-state index < -0.39 is 0 Å². The average Bonchev–Trinajstić information content (AvgIpc) is 3.43. The van der Waals surface area contributed by atoms with Crippen LogP contribution in [0.4, 0.5) is 0 Å². The first-order valence-electron chi connectivity index (χ1n) is 9.02. The molecule has 4 rings (SSSR count). The van der Waals surface area contributed by atoms with Crippen LogP contribution < -0.4 is 4.74 Å². The van der Waals surface area contributed by atoms with Gasteiger partial charge in [0.15, 0.2) is 0 Å². The molecule has 0 aromatic heterocycles. The van der Waals surface area contributed by atoms with E-state index in [0.29, 0.717) is 11.5 Å². The van der Waals surface area contributed by atoms with E-state index in [1.165, 1.54) is 0 Å². The number of nitrogens with zero attached hydrogens (tertiary/aromatic N) is 2. The van der Waals surface area contributed by atoms with Crippen LogP contribution in [0.5, 0.6) is 5.75 Å². The first-order chi connectivity index (χ1) is 12.1. The average molecular weight is 360 g/mol. The van der Waals surface area contributed by atoms with E-state index in [9.17, 15) is 9.59 Å². The summed E-state index contributed by atoms with van der Waals surface area (Å²) in [5.74, 6) is 2.43. The molecule has 0 N–H and O–H groups in total. The molecule has 1 saturated carbocycles. The highest BCUT2D eigenvalue weighted by molar-refractivity contribution is 8.00. The number of methoxy groups -OCH3 is 1. The lowest BCUT2D eigenvalue weighted by atomic mass is 10.0. The summed E-state index contributed by atoms with van der Waals surface area (Å²) >= 11 is 1.88. The second-order valence-electron chi connectivity index (χ2n) is 7.08. The van der Waals surface area contributed by atoms with E-state index in [4.69, 9.17) is 4.74 Å². The smallest absolute Gasteiger partial charge is 0.255 e. The molecule has 2 saturated heterocycles. The summed E-state index contributed by atoms with van der Waals surface area (Å²) in [5, 5.41) is 0. The molecule has 2 heterocycles. The van der Waals surface area contributed by atoms with Gasteiger partial charge in [0.1, 0.15) is 5.75 Å². The Labute approximate surface area is 152 Å². The number of ether oxygens (including phenoxy) is 1. The number of hydrogen-bond acceptors (Lipinski definition) is 4. The van der Waals surface area contributed by atoms with Crippen molar-refractivity contribution in [1.29, 1.82) is 0 Å². The van der Waals surface area contributed by atoms with Crippen molar-refractivity contribution in [2.24, 2.45) is 5.92 Å². The summed E-state index contributed by atoms with van der Waals surface area (Å²) in [4.78, 5) is 29.2. The zero-order valence-electron chi connectivity index (χ0n) is 14.6. The summed E-state index contributed by atoms with van der Waals surface area (Å²) in [6, 6.07) is 7.34. The quantitative estimate of drug-likeness (QED) is 0.831. The molecular formula is C19H24N2O3S. The molecular weight excluding hydrogens is 336 g/mol. The molecule has 1 spiro atoms. The van der Waals surface area contributed by atoms with E-state index in [-0.39, 0.29) is 16.7 Å². The highest BCUT2D eigenvalue weighted by Crippen LogP contribution is 2.45. The minimum Gasteiger partial charge on any atom is -0.497 e. The summed E-state index contributed by atoms with van der Waals surface area (Å²) in [7, 11) is 1.62. The highest BCUT2D eigenvalue weighted by atomic mass is 32.2. The Bertz CT molecular complexity index is 664. The number of benzene rings is 1. The standard InChI is InChI=1S/C19H24N2O3S/c1-24-16-6-4-15(5-7-16)18(23)21-12-13-25-19(21)8-10-20(11-9-19)17(22)14-2-3-14/h4-7,14H,2-3,8-13H2,1H3. The van der Waals surface area contributed by atoms with E-state index in [2.05, 4.69) is 0 Å². The fourth-order valence-electron chi connectivity index (χ4n) is 3.86. The lowest BCUT2D eigenvalue weighted by Crippen LogP contribution is -2.53. The van der Waals surface area contributed by atoms with Gasteiger partial charge in [0.25, 0.3) is 5.91 Å². The van der Waals surface area contributed by atoms with Crippen LogP contribution in [0.15, 0.2) is 24.3 Å². The maximum Gasteiger partial charge on any atom is 0.255 e. The third kappa shape index (κ3) is 3.12. The Kier molecular flexibility index (Phi) is 4.40. The molecule has 5 nitrogen and oxygen atoms in total. The summed E-state index contributed by atoms with van der Waals surface area (Å²) in [6.45, 7) is 2.33. The van der Waals surface area contributed by atoms with Crippen molar-refractivity contribution in [3.05, 3.63) is 29.8 Å². The fraction of sp³-hybridized carbons (Fsp3) is 0.579. The topological polar surface area (TPSA) is 49.9 Å². The largest absolute Gasteiger partial charge is 0.497 e. The van der Waals surface area contributed by atoms with Crippen LogP contribution in [0, 0.1) is 5.92 Å². The van der Waals surface area contributed by atoms with Gasteiger partial charge in [-0.3, -0.25) is 9.59 Å². The molecule has 0 unspecified atom stereocenters. The van der Waals surface area contributed by atoms with Crippen molar-refractivity contribution in [2.45, 2.75) is 30.6 Å². The van der Waals surface area contributed by atoms with Crippen molar-refractivity contribution < 1.29 is 14.3 Å². The number of piperidine rings is 1. The number of carbonyl (C=O) groups excluding carboxylic acids is 2. The van der Waals surface area contributed by atoms with E-state index in [1.54, 1.807) is 7.11 Å². The molecule has 1 aliphatic carbocycles. The molecule has 1 aromatic carbocycles. The number of likely N-dealkylation sites (tertiary alicyclic amines) is 1. The van der Waals surface area contributed by atoms with Crippen LogP contribution in [-0.2, 0) is 4.79 Å². The van der Waals surface area contributed by atoms with Gasteiger partial charge in [-0.1, -0.05) is 0 Å². The SMILES string of the molecule is COc1ccc(C(=O)N2CCSC23CCN(C(=O)C2CC2)CC3)cc1. The van der Waals surface area contributed by atoms with Gasteiger partial charge in [-0.25, -0.2) is 0 Å². The van der Waals surface area contributed by atoms with Crippen molar-refractivity contribution in [3.63, 3.8) is 0 Å². The van der Waals surface area contributed by atoms with Crippen molar-refractivity contribution >= 4 is 23.6 Å². The Morgan fingerprint density at radius 3 is 2.40 bits per heavy atom. The number of thioether (sulfide) groups is 1. The van der Waals surface area contributed by atoms with Gasteiger partial charge in [0, 0.05) is 36.9 Å². The Morgan fingerprint density at radius 2 is 1.80 bits per heavy atom. The molecule has 1 aromatic rings. The number of hydrogen-bond donors (Lipinski definition) is 0. The number of carbonyl (C=O) groups is 2. The second kappa shape index (κ2) is 6.56. The van der Waals surface area contributed by atoms with E-state index in [1.807, 2.05) is 45.8 Å². The molecule has 6 heteroatoms. The molecule has 0 radical (unpaired) electrons. The first kappa shape index (κ1) is 16.8. The highest BCUT2D eigenvalue weighted by Gasteiger charge is 2.48. The lowest BCUT2D eigenvalue weighted by Gasteiger charge is -2.44. The van der Waals surface area contributed by atoms with Crippen LogP contribution in [0.25, 0.3) is 0 Å². The normalized spacial score (nSPS) is 22.3. The molecule has 0 atom stereocenters. The van der Waals surface area contributed by atoms with Gasteiger partial charge in [0.2, 0.25) is 5.91 Å². The van der Waals surface area contributed by atoms with Crippen molar-refractivity contribution in [2.75, 3.05) is 32.5 Å². The van der Waals surface area contributed by atoms with Crippen LogP contribution in [0.1, 0.15) is 36.0 Å². The minimum atomic E-state index is -0.142. The maximum absolute atomic E-state index is 13.0. The van der Waals surface area contributed by atoms with E-state index in [0.717, 1.165) is 56.8 Å². The minimum absolute atomic E-state index is 0.0922. The first-order valence-corrected chi connectivity index (χ1v) is 10.0. The van der Waals surface area contributed by atoms with Crippen LogP contribution in [-0.4, -0.2) is 59.0 Å². The Morgan fingerprint density at radius 1 is 1.12 bits per heavy atom. The fourth-order valence-corrected chi connectivity index (χ4v) is 5.32. The molecule has 3 aliphatic rings. The summed E-state index contributed by atoms with van der Waals surface area (Å²) in [5.41, 5.74) is 0.708. The molecule has 3 fully saturated rings. The van der Waals surface area contributed by atoms with Gasteiger partial charge in [-0.15, -0.1) is 11.8 Å². The monoisotopic (exact) mass is 360 g/mol. The van der Waals surface area contributed by atoms with Crippen LogP contribution in [0.2, 0.25) is 0 Å². The zero-order valence-corrected chi connectivity index (χ0v) is 15.4. The number of rotatable bonds is 3. The van der Waals surface area contributed by atoms with Crippen molar-refractivity contribution in [3.8, 4) is 5.75 Å². The maximum atomic E-state index is 13.0. The third-order valence-electron chi connectivity index (χ3n) is 5.54. The summed E-state index contributed by atoms with van der Waals surface area (Å²) in [6.07, 6.45) is 3.85. The molecule has 0 bridgehead atoms. The van der Waals surface area contributed by atoms with Crippen LogP contribution >= 0.6 is 11.8 Å². The molecule has 25 heavy (non-hydrogen) atoms. The van der Waals surface area contributed by atoms with Gasteiger partial charge in [0.05, 0.1) is 12.0 Å². The Balaban J connectivity index is 1.46. The van der Waals surface area contributed by atoms with Gasteiger partial charge >= 0.3 is 0 Å². The summed E-state index contributed by atoms with van der Waals surface area (Å²) < 4.78 is 5.18. The predicted octanol–water partition coefficient (Wildman–Crippen LogP) is 2.61. The van der Waals surface area contributed by atoms with Gasteiger partial charge in [-0.2, -0.15) is 0 Å². The van der Waals surface area contributed by atoms with Gasteiger partial charge < -0.3 is 14.5 Å². The molecule has 2 aliphatic heterocycles. The van der Waals surface area contributed by atoms with E-state index >= 15 is 0 Å². The Hall–Kier alpha value is -1.69. The lowest BCUT2D eigenvalue weighted by molar-refractivity contribution is -0.134. The van der Waals surface area contributed by atoms with Gasteiger partial charge in [-0.05, 0) is 49.9 Å². The predicted molar refractivity (Wildman–Crippen MR) is 97.8 cm³/mol. The number of amides is 2. The third-order valence-corrected chi connectivity index (χ3v) is 7.10. The van der Waals surface area contributed by atoms with Crippen molar-refractivity contribution in [1.82, 2.24) is 9.80 Å². The molecule has 2 amide bonds. The van der Waals surface area contributed by atoms with Crippen LogP contribution in [0.3, 0.4) is 0 Å².